The summed E-state index contributed by atoms with van der Waals surface area (Å²) in [5, 5.41) is 1.32. The molecule has 1 fully saturated rings. The zero-order chi connectivity index (χ0) is 17.6. The predicted molar refractivity (Wildman–Crippen MR) is 103 cm³/mol. The lowest BCUT2D eigenvalue weighted by Crippen LogP contribution is -2.33. The van der Waals surface area contributed by atoms with Crippen molar-refractivity contribution in [1.29, 1.82) is 0 Å². The average molecular weight is 376 g/mol. The Bertz CT molecular complexity index is 915. The standard InChI is InChI=1S/C19H19ClFN3S/c1-11-7-9-24(10-8-11)17-16-15(13-3-5-14(21)6-4-13)12(2)25-18(16)23-19(20)22-17/h3-6,11H,7-10H2,1-2H3. The van der Waals surface area contributed by atoms with Crippen LogP contribution < -0.4 is 4.90 Å². The van der Waals surface area contributed by atoms with Crippen LogP contribution in [0.4, 0.5) is 10.2 Å². The van der Waals surface area contributed by atoms with Crippen molar-refractivity contribution >= 4 is 39.0 Å². The molecule has 2 aromatic heterocycles. The van der Waals surface area contributed by atoms with Gasteiger partial charge in [-0.05, 0) is 55.0 Å². The lowest BCUT2D eigenvalue weighted by Gasteiger charge is -2.31. The fourth-order valence-corrected chi connectivity index (χ4v) is 4.74. The van der Waals surface area contributed by atoms with Crippen LogP contribution in [0.25, 0.3) is 21.3 Å². The number of aryl methyl sites for hydroxylation is 1. The van der Waals surface area contributed by atoms with Crippen molar-refractivity contribution in [1.82, 2.24) is 9.97 Å². The number of halogens is 2. The van der Waals surface area contributed by atoms with Gasteiger partial charge in [0.2, 0.25) is 5.28 Å². The summed E-state index contributed by atoms with van der Waals surface area (Å²) >= 11 is 7.82. The molecular weight excluding hydrogens is 357 g/mol. The molecule has 1 aliphatic heterocycles. The number of aromatic nitrogens is 2. The van der Waals surface area contributed by atoms with E-state index >= 15 is 0 Å². The van der Waals surface area contributed by atoms with Crippen LogP contribution in [-0.2, 0) is 0 Å². The minimum atomic E-state index is -0.231. The highest BCUT2D eigenvalue weighted by Crippen LogP contribution is 2.42. The van der Waals surface area contributed by atoms with Gasteiger partial charge in [-0.2, -0.15) is 4.98 Å². The van der Waals surface area contributed by atoms with E-state index in [2.05, 4.69) is 28.7 Å². The topological polar surface area (TPSA) is 29.0 Å². The number of hydrogen-bond donors (Lipinski definition) is 0. The Hall–Kier alpha value is -1.72. The van der Waals surface area contributed by atoms with E-state index in [0.29, 0.717) is 0 Å². The Labute approximate surface area is 155 Å². The van der Waals surface area contributed by atoms with Gasteiger partial charge in [0.05, 0.1) is 5.39 Å². The molecule has 0 saturated carbocycles. The maximum atomic E-state index is 13.4. The highest BCUT2D eigenvalue weighted by atomic mass is 35.5. The lowest BCUT2D eigenvalue weighted by molar-refractivity contribution is 0.437. The summed E-state index contributed by atoms with van der Waals surface area (Å²) in [7, 11) is 0. The molecule has 0 bridgehead atoms. The van der Waals surface area contributed by atoms with Crippen LogP contribution in [0.2, 0.25) is 5.28 Å². The monoisotopic (exact) mass is 375 g/mol. The number of rotatable bonds is 2. The second kappa shape index (κ2) is 6.54. The summed E-state index contributed by atoms with van der Waals surface area (Å²) in [5.41, 5.74) is 2.08. The fourth-order valence-electron chi connectivity index (χ4n) is 3.48. The fraction of sp³-hybridized carbons (Fsp3) is 0.368. The molecule has 3 aromatic rings. The van der Waals surface area contributed by atoms with Gasteiger partial charge in [0.15, 0.2) is 0 Å². The zero-order valence-corrected chi connectivity index (χ0v) is 15.8. The number of piperidine rings is 1. The summed E-state index contributed by atoms with van der Waals surface area (Å²) in [6.45, 7) is 6.31. The molecule has 0 radical (unpaired) electrons. The molecule has 4 rings (SSSR count). The number of benzene rings is 1. The number of nitrogens with zero attached hydrogens (tertiary/aromatic N) is 3. The van der Waals surface area contributed by atoms with Gasteiger partial charge in [-0.3, -0.25) is 0 Å². The molecule has 3 heterocycles. The molecule has 0 N–H and O–H groups in total. The molecule has 0 aliphatic carbocycles. The highest BCUT2D eigenvalue weighted by Gasteiger charge is 2.24. The first-order chi connectivity index (χ1) is 12.0. The van der Waals surface area contributed by atoms with Gasteiger partial charge in [-0.25, -0.2) is 9.37 Å². The smallest absolute Gasteiger partial charge is 0.225 e. The van der Waals surface area contributed by atoms with E-state index < -0.39 is 0 Å². The molecule has 25 heavy (non-hydrogen) atoms. The summed E-state index contributed by atoms with van der Waals surface area (Å²) in [4.78, 5) is 13.4. The van der Waals surface area contributed by atoms with Crippen LogP contribution in [0.5, 0.6) is 0 Å². The van der Waals surface area contributed by atoms with Crippen molar-refractivity contribution in [2.75, 3.05) is 18.0 Å². The molecule has 1 aromatic carbocycles. The third-order valence-corrected chi connectivity index (χ3v) is 6.07. The van der Waals surface area contributed by atoms with Crippen LogP contribution in [0.1, 0.15) is 24.6 Å². The third-order valence-electron chi connectivity index (χ3n) is 4.90. The third kappa shape index (κ3) is 3.11. The van der Waals surface area contributed by atoms with E-state index in [4.69, 9.17) is 11.6 Å². The molecule has 3 nitrogen and oxygen atoms in total. The quantitative estimate of drug-likeness (QED) is 0.538. The van der Waals surface area contributed by atoms with Gasteiger partial charge in [-0.15, -0.1) is 11.3 Å². The molecule has 130 valence electrons. The van der Waals surface area contributed by atoms with Gasteiger partial charge >= 0.3 is 0 Å². The Morgan fingerprint density at radius 2 is 1.84 bits per heavy atom. The molecule has 1 aliphatic rings. The SMILES string of the molecule is Cc1sc2nc(Cl)nc(N3CCC(C)CC3)c2c1-c1ccc(F)cc1. The Morgan fingerprint density at radius 1 is 1.16 bits per heavy atom. The average Bonchev–Trinajstić information content (AvgIpc) is 2.91. The van der Waals surface area contributed by atoms with Crippen LogP contribution in [0.15, 0.2) is 24.3 Å². The molecular formula is C19H19ClFN3S. The predicted octanol–water partition coefficient (Wildman–Crippen LogP) is 5.70. The highest BCUT2D eigenvalue weighted by molar-refractivity contribution is 7.19. The van der Waals surface area contributed by atoms with E-state index in [9.17, 15) is 4.39 Å². The van der Waals surface area contributed by atoms with E-state index in [-0.39, 0.29) is 11.1 Å². The lowest BCUT2D eigenvalue weighted by atomic mass is 9.98. The first kappa shape index (κ1) is 16.7. The van der Waals surface area contributed by atoms with Gasteiger partial charge < -0.3 is 4.90 Å². The van der Waals surface area contributed by atoms with Crippen molar-refractivity contribution in [3.8, 4) is 11.1 Å². The van der Waals surface area contributed by atoms with Crippen LogP contribution in [0.3, 0.4) is 0 Å². The van der Waals surface area contributed by atoms with Gasteiger partial charge in [0.1, 0.15) is 16.5 Å². The minimum Gasteiger partial charge on any atom is -0.356 e. The summed E-state index contributed by atoms with van der Waals surface area (Å²) in [6.07, 6.45) is 2.30. The molecule has 0 atom stereocenters. The summed E-state index contributed by atoms with van der Waals surface area (Å²) in [5.74, 6) is 1.42. The van der Waals surface area contributed by atoms with Crippen LogP contribution >= 0.6 is 22.9 Å². The van der Waals surface area contributed by atoms with Crippen LogP contribution in [0, 0.1) is 18.7 Å². The van der Waals surface area contributed by atoms with Crippen molar-refractivity contribution in [3.05, 3.63) is 40.2 Å². The summed E-state index contributed by atoms with van der Waals surface area (Å²) < 4.78 is 13.4. The number of anilines is 1. The molecule has 6 heteroatoms. The van der Waals surface area contributed by atoms with Gasteiger partial charge in [-0.1, -0.05) is 19.1 Å². The van der Waals surface area contributed by atoms with E-state index in [1.807, 2.05) is 12.1 Å². The maximum Gasteiger partial charge on any atom is 0.225 e. The van der Waals surface area contributed by atoms with Gasteiger partial charge in [0.25, 0.3) is 0 Å². The first-order valence-corrected chi connectivity index (χ1v) is 9.70. The van der Waals surface area contributed by atoms with Crippen molar-refractivity contribution < 1.29 is 4.39 Å². The van der Waals surface area contributed by atoms with Crippen molar-refractivity contribution in [2.24, 2.45) is 5.92 Å². The number of thiophene rings is 1. The van der Waals surface area contributed by atoms with Gasteiger partial charge in [0, 0.05) is 23.5 Å². The maximum absolute atomic E-state index is 13.4. The second-order valence-corrected chi connectivity index (χ2v) is 8.25. The number of fused-ring (bicyclic) bond motifs is 1. The number of hydrogen-bond acceptors (Lipinski definition) is 4. The molecule has 1 saturated heterocycles. The van der Waals surface area contributed by atoms with E-state index in [1.54, 1.807) is 11.3 Å². The largest absolute Gasteiger partial charge is 0.356 e. The first-order valence-electron chi connectivity index (χ1n) is 8.50. The summed E-state index contributed by atoms with van der Waals surface area (Å²) in [6, 6.07) is 6.63. The Kier molecular flexibility index (Phi) is 4.38. The Morgan fingerprint density at radius 3 is 2.52 bits per heavy atom. The van der Waals surface area contributed by atoms with E-state index in [1.165, 1.54) is 12.1 Å². The van der Waals surface area contributed by atoms with Crippen LogP contribution in [-0.4, -0.2) is 23.1 Å². The normalized spacial score (nSPS) is 15.9. The van der Waals surface area contributed by atoms with E-state index in [0.717, 1.165) is 63.9 Å². The van der Waals surface area contributed by atoms with Crippen molar-refractivity contribution in [2.45, 2.75) is 26.7 Å². The Balaban J connectivity index is 1.91. The second-order valence-electron chi connectivity index (χ2n) is 6.71. The molecule has 0 spiro atoms. The molecule has 0 unspecified atom stereocenters. The zero-order valence-electron chi connectivity index (χ0n) is 14.2. The molecule has 0 amide bonds. The minimum absolute atomic E-state index is 0.231. The van der Waals surface area contributed by atoms with Crippen molar-refractivity contribution in [3.63, 3.8) is 0 Å².